The molecule has 0 aliphatic carbocycles. The minimum Gasteiger partial charge on any atom is -0.394 e. The van der Waals surface area contributed by atoms with Gasteiger partial charge in [-0.3, -0.25) is 19.2 Å². The normalized spacial score (nSPS) is 49.6. The van der Waals surface area contributed by atoms with Crippen LogP contribution in [0.1, 0.15) is 41.5 Å². The highest BCUT2D eigenvalue weighted by atomic mass is 16.8. The van der Waals surface area contributed by atoms with Gasteiger partial charge in [-0.05, 0) is 13.8 Å². The number of hydrogen-bond acceptors (Lipinski definition) is 44. The average Bonchev–Trinajstić information content (AvgIpc) is 0.767. The summed E-state index contributed by atoms with van der Waals surface area (Å²) in [5, 5.41) is 266. The zero-order valence-electron chi connectivity index (χ0n) is 59.8. The first-order valence-corrected chi connectivity index (χ1v) is 35.3. The largest absolute Gasteiger partial charge is 0.394 e. The molecule has 48 nitrogen and oxygen atoms in total. The first kappa shape index (κ1) is 90.2. The van der Waals surface area contributed by atoms with Crippen molar-refractivity contribution in [3.05, 3.63) is 0 Å². The zero-order chi connectivity index (χ0) is 81.1. The van der Waals surface area contributed by atoms with Gasteiger partial charge < -0.3 is 219 Å². The van der Waals surface area contributed by atoms with Crippen molar-refractivity contribution < 1.29 is 217 Å². The Bertz CT molecular complexity index is 2930. The number of aliphatic hydroxyl groups excluding tert-OH is 23. The summed E-state index contributed by atoms with van der Waals surface area (Å²) in [4.78, 5) is 51.3. The second-order valence-electron chi connectivity index (χ2n) is 28.1. The number of carbonyl (C=O) groups is 4. The second-order valence-corrected chi connectivity index (χ2v) is 28.1. The van der Waals surface area contributed by atoms with E-state index in [4.69, 9.17) is 80.5 Å². The highest BCUT2D eigenvalue weighted by Crippen LogP contribution is 2.41. The molecule has 0 aromatic carbocycles. The standard InChI is InChI=1S/C62H104N4O44/c1-14-31(78)38(85)41(88)58(94-14)107-50-29(65-18(5)76)54(93)96-25(12-72)48(50)105-61-45(92)53(35(82)22(9-69)98-61)110-57-30(66-19(6)77)51(108-59-42(89)39(86)32(79)15(2)95-59)49(26(13-73)101-57)106-62-44(91)52(34(81)21(8-68)99-62)109-56-28(64-17(4)75)37(84)46(23(10-70)100-56)104-60-43(90)40(87)47(24(11-71)102-60)103-55-27(63-16(3)74)36(83)33(80)20(7-67)97-55/h14-15,20-62,67-73,78-93H,7-13H2,1-6H3,(H,63,74)(H,64,75)(H,65,76)(H,66,77)/t14-,15-,20+,21+,22+,23+,24+,25+,26+,27+,28+,29+,30+,31+,32+,33+,34-,35-,36+,37+,38+,39+,40+,41-,42-,43+,44+,45+,46+,47-,48+,49+,50+,51+,52-,53-,54+,55+,56-,57-,58-,59-,60-,61-,62-/m0/s1. The molecule has 110 heavy (non-hydrogen) atoms. The van der Waals surface area contributed by atoms with Gasteiger partial charge >= 0.3 is 0 Å². The van der Waals surface area contributed by atoms with Crippen LogP contribution in [0.2, 0.25) is 0 Å². The maximum Gasteiger partial charge on any atom is 0.217 e. The number of ether oxygens (including phenoxy) is 17. The molecular weight excluding hydrogens is 1500 g/mol. The molecule has 4 amide bonds. The van der Waals surface area contributed by atoms with Crippen LogP contribution >= 0.6 is 0 Å². The fourth-order valence-corrected chi connectivity index (χ4v) is 14.5. The Morgan fingerprint density at radius 1 is 0.236 bits per heavy atom. The maximum atomic E-state index is 13.5. The molecule has 9 aliphatic heterocycles. The number of amides is 4. The second kappa shape index (κ2) is 39.0. The summed E-state index contributed by atoms with van der Waals surface area (Å²) in [5.74, 6) is -3.54. The van der Waals surface area contributed by atoms with E-state index < -0.39 is 346 Å². The summed E-state index contributed by atoms with van der Waals surface area (Å²) in [7, 11) is 0. The number of nitrogens with one attached hydrogen (secondary N) is 4. The van der Waals surface area contributed by atoms with Crippen molar-refractivity contribution in [1.82, 2.24) is 21.3 Å². The van der Waals surface area contributed by atoms with Gasteiger partial charge in [0.15, 0.2) is 56.6 Å². The van der Waals surface area contributed by atoms with E-state index >= 15 is 0 Å². The van der Waals surface area contributed by atoms with Gasteiger partial charge in [0.05, 0.1) is 58.5 Å². The Kier molecular flexibility index (Phi) is 32.0. The fourth-order valence-electron chi connectivity index (χ4n) is 14.5. The van der Waals surface area contributed by atoms with Crippen LogP contribution in [0.5, 0.6) is 0 Å². The summed E-state index contributed by atoms with van der Waals surface area (Å²) < 4.78 is 101. The minimum absolute atomic E-state index is 0.763. The van der Waals surface area contributed by atoms with Crippen molar-refractivity contribution >= 4 is 23.6 Å². The van der Waals surface area contributed by atoms with Gasteiger partial charge in [-0.15, -0.1) is 0 Å². The SMILES string of the molecule is CC(=O)N[C@@H]1[C@@H](O[C@@H]2O[C@@H](C)[C@@H](O)[C@@H](O)[C@@H]2O)[C@H](O[C@@H]2O[C@H](CO)[C@H](O)[C@H](O[C@@H]3O[C@H](CO)[C@@H](O[C@@H]4O[C@H](CO)[C@H](O)[C@H](O[C@@H]5O[C@H](CO)[C@@H](O[C@@H]6O[C@H](CO)[C@H](O[C@H]7O[C@H](CO)[C@@H](O)[C@H](O)[C@H]7NC(C)=O)[C@H](O)[C@H]6O)[C@H](O)[C@H]5NC(C)=O)[C@H]4O)[C@H](O[C@@H]4O[C@@H](C)[C@@H](O)[C@@H](O)[C@@H]4O)[C@H]3NC(C)=O)[C@H]2O)[C@@H](CO)O[C@H]1O. The van der Waals surface area contributed by atoms with Crippen molar-refractivity contribution in [2.75, 3.05) is 46.2 Å². The zero-order valence-corrected chi connectivity index (χ0v) is 59.8. The van der Waals surface area contributed by atoms with E-state index in [9.17, 15) is 137 Å². The molecule has 0 spiro atoms. The lowest BCUT2D eigenvalue weighted by molar-refractivity contribution is -0.398. The van der Waals surface area contributed by atoms with Crippen molar-refractivity contribution in [3.63, 3.8) is 0 Å². The van der Waals surface area contributed by atoms with Crippen molar-refractivity contribution in [2.24, 2.45) is 0 Å². The van der Waals surface area contributed by atoms with E-state index in [-0.39, 0.29) is 0 Å². The topological polar surface area (TPSA) is 739 Å². The van der Waals surface area contributed by atoms with Crippen LogP contribution in [0.4, 0.5) is 0 Å². The van der Waals surface area contributed by atoms with Gasteiger partial charge in [0.1, 0.15) is 207 Å². The molecule has 0 aromatic rings. The Morgan fingerprint density at radius 3 is 0.918 bits per heavy atom. The van der Waals surface area contributed by atoms with Gasteiger partial charge in [0.25, 0.3) is 0 Å². The molecule has 27 N–H and O–H groups in total. The molecule has 0 saturated carbocycles. The molecule has 9 fully saturated rings. The lowest BCUT2D eigenvalue weighted by Crippen LogP contribution is -2.72. The van der Waals surface area contributed by atoms with Crippen molar-refractivity contribution in [2.45, 2.75) is 318 Å². The molecule has 45 atom stereocenters. The van der Waals surface area contributed by atoms with Gasteiger partial charge in [-0.2, -0.15) is 0 Å². The molecule has 9 heterocycles. The van der Waals surface area contributed by atoms with Gasteiger partial charge in [0.2, 0.25) is 23.6 Å². The van der Waals surface area contributed by atoms with E-state index in [1.165, 1.54) is 13.8 Å². The highest BCUT2D eigenvalue weighted by Gasteiger charge is 2.62. The molecule has 0 bridgehead atoms. The highest BCUT2D eigenvalue weighted by molar-refractivity contribution is 5.74. The molecule has 636 valence electrons. The van der Waals surface area contributed by atoms with Crippen molar-refractivity contribution in [3.8, 4) is 0 Å². The Morgan fingerprint density at radius 2 is 0.500 bits per heavy atom. The van der Waals surface area contributed by atoms with Gasteiger partial charge in [-0.25, -0.2) is 0 Å². The summed E-state index contributed by atoms with van der Waals surface area (Å²) in [6, 6.07) is -7.28. The lowest BCUT2D eigenvalue weighted by atomic mass is 9.93. The number of hydrogen-bond donors (Lipinski definition) is 27. The van der Waals surface area contributed by atoms with Gasteiger partial charge in [-0.1, -0.05) is 0 Å². The molecule has 0 aromatic heterocycles. The monoisotopic (exact) mass is 1610 g/mol. The lowest BCUT2D eigenvalue weighted by Gasteiger charge is -2.52. The predicted octanol–water partition coefficient (Wildman–Crippen LogP) is -18.0. The fraction of sp³-hybridized carbons (Fsp3) is 0.935. The first-order valence-electron chi connectivity index (χ1n) is 35.3. The summed E-state index contributed by atoms with van der Waals surface area (Å²) in [6.07, 6.45) is -81.6. The van der Waals surface area contributed by atoms with E-state index in [1.807, 2.05) is 0 Å². The summed E-state index contributed by atoms with van der Waals surface area (Å²) in [5.41, 5.74) is 0. The Hall–Kier alpha value is -3.72. The molecule has 9 saturated heterocycles. The Labute approximate surface area is 624 Å². The smallest absolute Gasteiger partial charge is 0.217 e. The molecule has 9 rings (SSSR count). The quantitative estimate of drug-likeness (QED) is 0.0363. The van der Waals surface area contributed by atoms with E-state index in [0.29, 0.717) is 0 Å². The average molecular weight is 1610 g/mol. The van der Waals surface area contributed by atoms with Crippen LogP contribution in [0, 0.1) is 0 Å². The molecule has 0 radical (unpaired) electrons. The molecule has 48 heteroatoms. The van der Waals surface area contributed by atoms with Crippen molar-refractivity contribution in [1.29, 1.82) is 0 Å². The predicted molar refractivity (Wildman–Crippen MR) is 341 cm³/mol. The van der Waals surface area contributed by atoms with E-state index in [0.717, 1.165) is 27.7 Å². The number of rotatable bonds is 27. The van der Waals surface area contributed by atoms with Crippen LogP contribution in [0.25, 0.3) is 0 Å². The van der Waals surface area contributed by atoms with Crippen LogP contribution in [0.15, 0.2) is 0 Å². The van der Waals surface area contributed by atoms with E-state index in [2.05, 4.69) is 21.3 Å². The maximum absolute atomic E-state index is 13.5. The molecule has 9 aliphatic rings. The third kappa shape index (κ3) is 19.6. The third-order valence-electron chi connectivity index (χ3n) is 20.3. The third-order valence-corrected chi connectivity index (χ3v) is 20.3. The number of carbonyl (C=O) groups excluding carboxylic acids is 4. The van der Waals surface area contributed by atoms with Gasteiger partial charge in [0, 0.05) is 27.7 Å². The van der Waals surface area contributed by atoms with Crippen LogP contribution < -0.4 is 21.3 Å². The number of aliphatic hydroxyl groups is 23. The molecular formula is C62H104N4O44. The summed E-state index contributed by atoms with van der Waals surface area (Å²) in [6.45, 7) is -1.25. The first-order chi connectivity index (χ1) is 52.0. The van der Waals surface area contributed by atoms with Crippen LogP contribution in [-0.4, -0.2) is 463 Å². The molecule has 0 unspecified atom stereocenters. The minimum atomic E-state index is -2.44. The summed E-state index contributed by atoms with van der Waals surface area (Å²) >= 11 is 0. The van der Waals surface area contributed by atoms with E-state index in [1.54, 1.807) is 0 Å². The van der Waals surface area contributed by atoms with Crippen LogP contribution in [0.3, 0.4) is 0 Å². The van der Waals surface area contributed by atoms with Crippen LogP contribution in [-0.2, 0) is 99.7 Å². The Balaban J connectivity index is 0.986.